The predicted molar refractivity (Wildman–Crippen MR) is 61.7 cm³/mol. The van der Waals surface area contributed by atoms with Crippen LogP contribution in [0.2, 0.25) is 0 Å². The normalized spacial score (nSPS) is 21.4. The first kappa shape index (κ1) is 11.7. The highest BCUT2D eigenvalue weighted by Crippen LogP contribution is 2.43. The van der Waals surface area contributed by atoms with E-state index in [0.717, 1.165) is 18.4 Å². The van der Waals surface area contributed by atoms with Gasteiger partial charge in [-0.2, -0.15) is 0 Å². The van der Waals surface area contributed by atoms with Gasteiger partial charge in [0.05, 0.1) is 0 Å². The van der Waals surface area contributed by atoms with Crippen LogP contribution in [-0.4, -0.2) is 12.3 Å². The number of ether oxygens (including phenoxy) is 2. The van der Waals surface area contributed by atoms with E-state index in [4.69, 9.17) is 0 Å². The predicted octanol–water partition coefficient (Wildman–Crippen LogP) is 3.04. The molecule has 0 unspecified atom stereocenters. The summed E-state index contributed by atoms with van der Waals surface area (Å²) in [5, 5.41) is 3.37. The zero-order chi connectivity index (χ0) is 12.6. The second kappa shape index (κ2) is 4.39. The van der Waals surface area contributed by atoms with Crippen LogP contribution in [0.5, 0.6) is 11.5 Å². The number of nitrogens with one attached hydrogen (secondary N) is 1. The third kappa shape index (κ3) is 2.27. The zero-order valence-corrected chi connectivity index (χ0v) is 9.92. The van der Waals surface area contributed by atoms with Crippen molar-refractivity contribution in [3.8, 4) is 11.5 Å². The van der Waals surface area contributed by atoms with Crippen molar-refractivity contribution in [1.82, 2.24) is 5.32 Å². The smallest absolute Gasteiger partial charge is 0.395 e. The Labute approximate surface area is 104 Å². The maximum absolute atomic E-state index is 13.0. The molecule has 0 saturated heterocycles. The Morgan fingerprint density at radius 2 is 2.00 bits per heavy atom. The minimum atomic E-state index is -3.54. The van der Waals surface area contributed by atoms with E-state index in [1.165, 1.54) is 18.9 Å². The number of fused-ring (bicyclic) bond motifs is 1. The Bertz CT molecular complexity index is 445. The molecule has 1 N–H and O–H groups in total. The molecule has 5 heteroatoms. The van der Waals surface area contributed by atoms with Crippen molar-refractivity contribution in [3.05, 3.63) is 23.8 Å². The van der Waals surface area contributed by atoms with Crippen LogP contribution in [0.15, 0.2) is 18.2 Å². The third-order valence-corrected chi connectivity index (χ3v) is 3.45. The van der Waals surface area contributed by atoms with Crippen LogP contribution in [0.1, 0.15) is 31.2 Å². The Morgan fingerprint density at radius 3 is 2.78 bits per heavy atom. The molecule has 0 bridgehead atoms. The molecule has 0 amide bonds. The van der Waals surface area contributed by atoms with Crippen molar-refractivity contribution in [3.63, 3.8) is 0 Å². The van der Waals surface area contributed by atoms with Gasteiger partial charge in [0.15, 0.2) is 11.5 Å². The Morgan fingerprint density at radius 1 is 1.22 bits per heavy atom. The van der Waals surface area contributed by atoms with Crippen LogP contribution in [-0.2, 0) is 6.54 Å². The highest BCUT2D eigenvalue weighted by atomic mass is 19.3. The summed E-state index contributed by atoms with van der Waals surface area (Å²) in [5.74, 6) is 0.277. The van der Waals surface area contributed by atoms with E-state index in [9.17, 15) is 8.78 Å². The van der Waals surface area contributed by atoms with Crippen LogP contribution in [0.25, 0.3) is 0 Å². The Balaban J connectivity index is 1.72. The molecule has 98 valence electrons. The molecule has 1 heterocycles. The van der Waals surface area contributed by atoms with Gasteiger partial charge in [0.25, 0.3) is 0 Å². The second-order valence-electron chi connectivity index (χ2n) is 4.77. The Kier molecular flexibility index (Phi) is 2.86. The summed E-state index contributed by atoms with van der Waals surface area (Å²) < 4.78 is 35.0. The molecular formula is C13H15F2NO2. The maximum atomic E-state index is 13.0. The van der Waals surface area contributed by atoms with Gasteiger partial charge in [-0.05, 0) is 18.9 Å². The minimum Gasteiger partial charge on any atom is -0.395 e. The van der Waals surface area contributed by atoms with E-state index in [2.05, 4.69) is 14.8 Å². The van der Waals surface area contributed by atoms with Gasteiger partial charge in [-0.25, -0.2) is 0 Å². The number of para-hydroxylation sites is 1. The number of rotatable bonds is 3. The van der Waals surface area contributed by atoms with E-state index < -0.39 is 6.29 Å². The summed E-state index contributed by atoms with van der Waals surface area (Å²) >= 11 is 0. The molecule has 1 aliphatic heterocycles. The van der Waals surface area contributed by atoms with Gasteiger partial charge in [0.1, 0.15) is 0 Å². The van der Waals surface area contributed by atoms with Gasteiger partial charge in [0.2, 0.25) is 0 Å². The molecule has 0 spiro atoms. The molecule has 3 rings (SSSR count). The van der Waals surface area contributed by atoms with Crippen LogP contribution in [0.3, 0.4) is 0 Å². The molecular weight excluding hydrogens is 240 g/mol. The van der Waals surface area contributed by atoms with Crippen molar-refractivity contribution >= 4 is 0 Å². The van der Waals surface area contributed by atoms with Crippen molar-refractivity contribution in [2.24, 2.45) is 0 Å². The summed E-state index contributed by atoms with van der Waals surface area (Å²) in [4.78, 5) is 0. The van der Waals surface area contributed by atoms with E-state index >= 15 is 0 Å². The quantitative estimate of drug-likeness (QED) is 0.900. The number of alkyl halides is 2. The molecule has 0 radical (unpaired) electrons. The first-order valence-corrected chi connectivity index (χ1v) is 6.25. The third-order valence-electron chi connectivity index (χ3n) is 3.45. The average molecular weight is 255 g/mol. The topological polar surface area (TPSA) is 30.5 Å². The van der Waals surface area contributed by atoms with Gasteiger partial charge in [0, 0.05) is 18.2 Å². The number of halogens is 2. The van der Waals surface area contributed by atoms with Crippen molar-refractivity contribution in [2.45, 2.75) is 44.6 Å². The van der Waals surface area contributed by atoms with Gasteiger partial charge in [-0.1, -0.05) is 25.0 Å². The van der Waals surface area contributed by atoms with Crippen LogP contribution < -0.4 is 14.8 Å². The van der Waals surface area contributed by atoms with E-state index in [1.54, 1.807) is 12.1 Å². The fraction of sp³-hybridized carbons (Fsp3) is 0.538. The summed E-state index contributed by atoms with van der Waals surface area (Å²) in [5.41, 5.74) is 0.719. The van der Waals surface area contributed by atoms with Gasteiger partial charge < -0.3 is 14.8 Å². The first-order chi connectivity index (χ1) is 8.64. The van der Waals surface area contributed by atoms with Crippen molar-refractivity contribution < 1.29 is 18.3 Å². The van der Waals surface area contributed by atoms with Crippen LogP contribution >= 0.6 is 0 Å². The van der Waals surface area contributed by atoms with E-state index in [0.29, 0.717) is 12.6 Å². The lowest BCUT2D eigenvalue weighted by atomic mass is 10.1. The monoisotopic (exact) mass is 255 g/mol. The molecule has 3 nitrogen and oxygen atoms in total. The summed E-state index contributed by atoms with van der Waals surface area (Å²) in [6.45, 7) is 0.535. The molecule has 0 atom stereocenters. The lowest BCUT2D eigenvalue weighted by Gasteiger charge is -2.13. The minimum absolute atomic E-state index is 0.116. The largest absolute Gasteiger partial charge is 0.586 e. The summed E-state index contributed by atoms with van der Waals surface area (Å²) in [6.07, 6.45) is 1.25. The number of benzene rings is 1. The molecule has 1 aromatic rings. The van der Waals surface area contributed by atoms with Gasteiger partial charge in [-0.3, -0.25) is 0 Å². The molecule has 2 aliphatic rings. The Hall–Kier alpha value is -1.36. The number of hydrogen-bond acceptors (Lipinski definition) is 3. The zero-order valence-electron chi connectivity index (χ0n) is 9.92. The fourth-order valence-electron chi connectivity index (χ4n) is 2.55. The van der Waals surface area contributed by atoms with Crippen LogP contribution in [0, 0.1) is 0 Å². The average Bonchev–Trinajstić information content (AvgIpc) is 2.91. The molecule has 1 saturated carbocycles. The molecule has 1 fully saturated rings. The summed E-state index contributed by atoms with van der Waals surface area (Å²) in [6, 6.07) is 5.47. The highest BCUT2D eigenvalue weighted by Gasteiger charge is 2.44. The maximum Gasteiger partial charge on any atom is 0.586 e. The molecule has 18 heavy (non-hydrogen) atoms. The lowest BCUT2D eigenvalue weighted by molar-refractivity contribution is -0.286. The molecule has 1 aromatic carbocycles. The summed E-state index contributed by atoms with van der Waals surface area (Å²) in [7, 11) is 0. The standard InChI is InChI=1S/C13H15F2NO2/c14-13(15)17-11-7-3-4-9(12(11)18-13)8-16-10-5-1-2-6-10/h3-4,7,10,16H,1-2,5-6,8H2. The first-order valence-electron chi connectivity index (χ1n) is 6.25. The van der Waals surface area contributed by atoms with Gasteiger partial charge >= 0.3 is 6.29 Å². The van der Waals surface area contributed by atoms with Gasteiger partial charge in [-0.15, -0.1) is 8.78 Å². The molecule has 0 aromatic heterocycles. The second-order valence-corrected chi connectivity index (χ2v) is 4.77. The SMILES string of the molecule is FC1(F)Oc2cccc(CNC3CCCC3)c2O1. The van der Waals surface area contributed by atoms with Crippen LogP contribution in [0.4, 0.5) is 8.78 Å². The lowest BCUT2D eigenvalue weighted by Crippen LogP contribution is -2.27. The molecule has 1 aliphatic carbocycles. The van der Waals surface area contributed by atoms with E-state index in [-0.39, 0.29) is 11.5 Å². The highest BCUT2D eigenvalue weighted by molar-refractivity contribution is 5.48. The number of hydrogen-bond donors (Lipinski definition) is 1. The fourth-order valence-corrected chi connectivity index (χ4v) is 2.55. The van der Waals surface area contributed by atoms with Crippen molar-refractivity contribution in [1.29, 1.82) is 0 Å². The van der Waals surface area contributed by atoms with Crippen molar-refractivity contribution in [2.75, 3.05) is 0 Å². The van der Waals surface area contributed by atoms with E-state index in [1.807, 2.05) is 0 Å².